The van der Waals surface area contributed by atoms with Gasteiger partial charge in [0.05, 0.1) is 13.2 Å². The van der Waals surface area contributed by atoms with Crippen LogP contribution in [0, 0.1) is 0 Å². The number of hydrogen-bond acceptors (Lipinski definition) is 4. The molecule has 1 atom stereocenters. The molecular formula is C23H32ClN3O2. The van der Waals surface area contributed by atoms with Crippen molar-refractivity contribution in [3.63, 3.8) is 0 Å². The zero-order chi connectivity index (χ0) is 20.1. The molecule has 0 unspecified atom stereocenters. The molecule has 1 amide bonds. The SMILES string of the molecule is O=C1C2=C(CCCC2)[C@@H](NCCCN2CCOCC2)N1CCc1ccc(Cl)cc1. The molecule has 0 aromatic heterocycles. The van der Waals surface area contributed by atoms with E-state index in [2.05, 4.69) is 27.2 Å². The quantitative estimate of drug-likeness (QED) is 0.659. The Balaban J connectivity index is 1.34. The molecule has 4 rings (SSSR count). The summed E-state index contributed by atoms with van der Waals surface area (Å²) < 4.78 is 5.43. The Labute approximate surface area is 179 Å². The van der Waals surface area contributed by atoms with Crippen molar-refractivity contribution >= 4 is 17.5 Å². The minimum Gasteiger partial charge on any atom is -0.379 e. The summed E-state index contributed by atoms with van der Waals surface area (Å²) in [6.07, 6.45) is 6.36. The molecule has 1 fully saturated rings. The number of carbonyl (C=O) groups excluding carboxylic acids is 1. The van der Waals surface area contributed by atoms with E-state index in [1.807, 2.05) is 12.1 Å². The predicted octanol–water partition coefficient (Wildman–Crippen LogP) is 3.23. The van der Waals surface area contributed by atoms with E-state index in [1.54, 1.807) is 0 Å². The lowest BCUT2D eigenvalue weighted by atomic mass is 9.92. The van der Waals surface area contributed by atoms with Crippen molar-refractivity contribution < 1.29 is 9.53 Å². The molecule has 1 saturated heterocycles. The predicted molar refractivity (Wildman–Crippen MR) is 116 cm³/mol. The van der Waals surface area contributed by atoms with Crippen LogP contribution in [0.5, 0.6) is 0 Å². The molecule has 1 aromatic rings. The summed E-state index contributed by atoms with van der Waals surface area (Å²) in [6.45, 7) is 6.53. The van der Waals surface area contributed by atoms with E-state index in [-0.39, 0.29) is 12.1 Å². The van der Waals surface area contributed by atoms with Gasteiger partial charge in [-0.25, -0.2) is 0 Å². The van der Waals surface area contributed by atoms with Crippen molar-refractivity contribution in [1.29, 1.82) is 0 Å². The highest BCUT2D eigenvalue weighted by Gasteiger charge is 2.38. The maximum atomic E-state index is 13.1. The second kappa shape index (κ2) is 10.1. The molecule has 0 bridgehead atoms. The van der Waals surface area contributed by atoms with Crippen LogP contribution in [0.25, 0.3) is 0 Å². The van der Waals surface area contributed by atoms with Crippen molar-refractivity contribution in [2.24, 2.45) is 0 Å². The van der Waals surface area contributed by atoms with E-state index in [0.29, 0.717) is 0 Å². The van der Waals surface area contributed by atoms with Crippen LogP contribution in [0.15, 0.2) is 35.4 Å². The Morgan fingerprint density at radius 3 is 2.62 bits per heavy atom. The van der Waals surface area contributed by atoms with E-state index in [0.717, 1.165) is 88.6 Å². The number of ether oxygens (including phenoxy) is 1. The maximum Gasteiger partial charge on any atom is 0.251 e. The largest absolute Gasteiger partial charge is 0.379 e. The maximum absolute atomic E-state index is 13.1. The number of nitrogens with zero attached hydrogens (tertiary/aromatic N) is 2. The number of carbonyl (C=O) groups is 1. The fraction of sp³-hybridized carbons (Fsp3) is 0.609. The van der Waals surface area contributed by atoms with Crippen LogP contribution in [-0.4, -0.2) is 67.8 Å². The first-order chi connectivity index (χ1) is 14.2. The molecule has 1 aliphatic carbocycles. The van der Waals surface area contributed by atoms with Gasteiger partial charge >= 0.3 is 0 Å². The van der Waals surface area contributed by atoms with Crippen LogP contribution in [0.2, 0.25) is 5.02 Å². The first kappa shape index (κ1) is 20.9. The summed E-state index contributed by atoms with van der Waals surface area (Å²) >= 11 is 6.00. The van der Waals surface area contributed by atoms with Gasteiger partial charge in [0.25, 0.3) is 5.91 Å². The van der Waals surface area contributed by atoms with E-state index in [4.69, 9.17) is 16.3 Å². The standard InChI is InChI=1S/C23H32ClN3O2/c24-19-8-6-18(7-9-19)10-13-27-22(20-4-1-2-5-21(20)23(27)28)25-11-3-12-26-14-16-29-17-15-26/h6-9,22,25H,1-5,10-17H2/t22-/m0/s1. The molecule has 0 spiro atoms. The van der Waals surface area contributed by atoms with Gasteiger partial charge in [0, 0.05) is 30.2 Å². The third kappa shape index (κ3) is 5.21. The molecule has 6 heteroatoms. The topological polar surface area (TPSA) is 44.8 Å². The number of hydrogen-bond donors (Lipinski definition) is 1. The lowest BCUT2D eigenvalue weighted by molar-refractivity contribution is -0.127. The van der Waals surface area contributed by atoms with E-state index in [9.17, 15) is 4.79 Å². The smallest absolute Gasteiger partial charge is 0.251 e. The highest BCUT2D eigenvalue weighted by Crippen LogP contribution is 2.35. The second-order valence-corrected chi connectivity index (χ2v) is 8.69. The molecular weight excluding hydrogens is 386 g/mol. The van der Waals surface area contributed by atoms with Gasteiger partial charge in [0.2, 0.25) is 0 Å². The van der Waals surface area contributed by atoms with Gasteiger partial charge in [0.15, 0.2) is 0 Å². The molecule has 1 aromatic carbocycles. The number of nitrogens with one attached hydrogen (secondary N) is 1. The van der Waals surface area contributed by atoms with Gasteiger partial charge in [-0.2, -0.15) is 0 Å². The van der Waals surface area contributed by atoms with Crippen LogP contribution < -0.4 is 5.32 Å². The summed E-state index contributed by atoms with van der Waals surface area (Å²) in [5.74, 6) is 0.249. The molecule has 158 valence electrons. The van der Waals surface area contributed by atoms with Crippen LogP contribution in [-0.2, 0) is 16.0 Å². The molecule has 2 heterocycles. The number of rotatable bonds is 8. The molecule has 5 nitrogen and oxygen atoms in total. The van der Waals surface area contributed by atoms with E-state index >= 15 is 0 Å². The molecule has 0 radical (unpaired) electrons. The second-order valence-electron chi connectivity index (χ2n) is 8.25. The summed E-state index contributed by atoms with van der Waals surface area (Å²) in [7, 11) is 0. The minimum atomic E-state index is 0.0785. The van der Waals surface area contributed by atoms with Crippen molar-refractivity contribution in [3.05, 3.63) is 46.0 Å². The average molecular weight is 418 g/mol. The van der Waals surface area contributed by atoms with Gasteiger partial charge in [-0.05, 0) is 74.9 Å². The van der Waals surface area contributed by atoms with E-state index in [1.165, 1.54) is 17.6 Å². The minimum absolute atomic E-state index is 0.0785. The lowest BCUT2D eigenvalue weighted by Crippen LogP contribution is -2.47. The van der Waals surface area contributed by atoms with Gasteiger partial charge in [-0.15, -0.1) is 0 Å². The van der Waals surface area contributed by atoms with Crippen LogP contribution in [0.1, 0.15) is 37.7 Å². The molecule has 29 heavy (non-hydrogen) atoms. The van der Waals surface area contributed by atoms with Crippen molar-refractivity contribution in [2.45, 2.75) is 44.7 Å². The summed E-state index contributed by atoms with van der Waals surface area (Å²) in [5.41, 5.74) is 3.65. The number of amides is 1. The molecule has 0 saturated carbocycles. The first-order valence-corrected chi connectivity index (χ1v) is 11.4. The molecule has 2 aliphatic heterocycles. The van der Waals surface area contributed by atoms with Gasteiger partial charge in [0.1, 0.15) is 6.17 Å². The Morgan fingerprint density at radius 2 is 1.83 bits per heavy atom. The van der Waals surface area contributed by atoms with E-state index < -0.39 is 0 Å². The summed E-state index contributed by atoms with van der Waals surface area (Å²) in [6, 6.07) is 7.96. The number of morpholine rings is 1. The fourth-order valence-corrected chi connectivity index (χ4v) is 4.81. The third-order valence-corrected chi connectivity index (χ3v) is 6.57. The zero-order valence-electron chi connectivity index (χ0n) is 17.2. The van der Waals surface area contributed by atoms with Gasteiger partial charge < -0.3 is 9.64 Å². The summed E-state index contributed by atoms with van der Waals surface area (Å²) in [5, 5.41) is 4.47. The normalized spacial score (nSPS) is 23.0. The van der Waals surface area contributed by atoms with Crippen LogP contribution >= 0.6 is 11.6 Å². The number of benzene rings is 1. The van der Waals surface area contributed by atoms with Crippen molar-refractivity contribution in [2.75, 3.05) is 45.9 Å². The third-order valence-electron chi connectivity index (χ3n) is 6.32. The zero-order valence-corrected chi connectivity index (χ0v) is 17.9. The Bertz CT molecular complexity index is 728. The molecule has 3 aliphatic rings. The highest BCUT2D eigenvalue weighted by molar-refractivity contribution is 6.30. The summed E-state index contributed by atoms with van der Waals surface area (Å²) in [4.78, 5) is 17.6. The average Bonchev–Trinajstić information content (AvgIpc) is 3.03. The number of halogens is 1. The molecule has 1 N–H and O–H groups in total. The van der Waals surface area contributed by atoms with Gasteiger partial charge in [-0.1, -0.05) is 23.7 Å². The van der Waals surface area contributed by atoms with Crippen molar-refractivity contribution in [1.82, 2.24) is 15.1 Å². The Kier molecular flexibility index (Phi) is 7.24. The van der Waals surface area contributed by atoms with Crippen molar-refractivity contribution in [3.8, 4) is 0 Å². The first-order valence-electron chi connectivity index (χ1n) is 11.0. The van der Waals surface area contributed by atoms with Crippen LogP contribution in [0.4, 0.5) is 0 Å². The monoisotopic (exact) mass is 417 g/mol. The lowest BCUT2D eigenvalue weighted by Gasteiger charge is -2.30. The Morgan fingerprint density at radius 1 is 1.07 bits per heavy atom. The highest BCUT2D eigenvalue weighted by atomic mass is 35.5. The fourth-order valence-electron chi connectivity index (χ4n) is 4.68. The van der Waals surface area contributed by atoms with Crippen LogP contribution in [0.3, 0.4) is 0 Å². The van der Waals surface area contributed by atoms with Gasteiger partial charge in [-0.3, -0.25) is 15.0 Å². The Hall–Kier alpha value is -1.40.